The van der Waals surface area contributed by atoms with E-state index in [1.165, 1.54) is 25.4 Å². The molecule has 7 heteroatoms. The largest absolute Gasteiger partial charge is 0.486 e. The second-order valence-corrected chi connectivity index (χ2v) is 7.17. The molecule has 0 aliphatic heterocycles. The first-order chi connectivity index (χ1) is 13.5. The summed E-state index contributed by atoms with van der Waals surface area (Å²) in [6, 6.07) is 15.0. The standard InChI is InChI=1S/C21H20N2O4S/c1-13-11-16(9-10-17(13)22-14(2)24)27-12-18-23-19(21(25)26-3)20(28-18)15-7-5-4-6-8-15/h4-11H,12H2,1-3H3,(H,22,24). The molecule has 0 fully saturated rings. The van der Waals surface area contributed by atoms with Gasteiger partial charge in [0, 0.05) is 12.6 Å². The molecular formula is C21H20N2O4S. The molecule has 0 radical (unpaired) electrons. The third-order valence-corrected chi connectivity index (χ3v) is 5.03. The highest BCUT2D eigenvalue weighted by molar-refractivity contribution is 7.15. The Hall–Kier alpha value is -3.19. The molecule has 3 aromatic rings. The Balaban J connectivity index is 1.80. The summed E-state index contributed by atoms with van der Waals surface area (Å²) in [5.74, 6) is 0.0582. The minimum Gasteiger partial charge on any atom is -0.486 e. The van der Waals surface area contributed by atoms with Gasteiger partial charge in [-0.05, 0) is 36.2 Å². The van der Waals surface area contributed by atoms with Gasteiger partial charge in [0.1, 0.15) is 17.4 Å². The number of nitrogens with zero attached hydrogens (tertiary/aromatic N) is 1. The zero-order valence-electron chi connectivity index (χ0n) is 15.8. The molecule has 0 bridgehead atoms. The lowest BCUT2D eigenvalue weighted by molar-refractivity contribution is -0.114. The molecule has 0 aliphatic rings. The van der Waals surface area contributed by atoms with Crippen molar-refractivity contribution in [2.24, 2.45) is 0 Å². The SMILES string of the molecule is COC(=O)c1nc(COc2ccc(NC(C)=O)c(C)c2)sc1-c1ccccc1. The summed E-state index contributed by atoms with van der Waals surface area (Å²) in [4.78, 5) is 28.5. The van der Waals surface area contributed by atoms with Gasteiger partial charge in [0.15, 0.2) is 5.69 Å². The summed E-state index contributed by atoms with van der Waals surface area (Å²) in [6.45, 7) is 3.58. The van der Waals surface area contributed by atoms with Gasteiger partial charge in [-0.25, -0.2) is 9.78 Å². The lowest BCUT2D eigenvalue weighted by Gasteiger charge is -2.09. The van der Waals surface area contributed by atoms with Crippen LogP contribution < -0.4 is 10.1 Å². The lowest BCUT2D eigenvalue weighted by Crippen LogP contribution is -2.07. The number of nitrogens with one attached hydrogen (secondary N) is 1. The van der Waals surface area contributed by atoms with Gasteiger partial charge in [0.2, 0.25) is 5.91 Å². The van der Waals surface area contributed by atoms with Gasteiger partial charge >= 0.3 is 5.97 Å². The van der Waals surface area contributed by atoms with Crippen molar-refractivity contribution in [1.29, 1.82) is 0 Å². The lowest BCUT2D eigenvalue weighted by atomic mass is 10.1. The molecule has 0 atom stereocenters. The fourth-order valence-corrected chi connectivity index (χ4v) is 3.62. The van der Waals surface area contributed by atoms with Crippen molar-refractivity contribution in [2.45, 2.75) is 20.5 Å². The molecule has 0 unspecified atom stereocenters. The number of benzene rings is 2. The molecule has 0 saturated heterocycles. The number of amides is 1. The first kappa shape index (κ1) is 19.6. The normalized spacial score (nSPS) is 10.4. The first-order valence-corrected chi connectivity index (χ1v) is 9.44. The molecule has 0 saturated carbocycles. The number of aryl methyl sites for hydroxylation is 1. The van der Waals surface area contributed by atoms with Crippen LogP contribution >= 0.6 is 11.3 Å². The van der Waals surface area contributed by atoms with E-state index in [4.69, 9.17) is 9.47 Å². The van der Waals surface area contributed by atoms with E-state index < -0.39 is 5.97 Å². The van der Waals surface area contributed by atoms with Gasteiger partial charge in [-0.15, -0.1) is 11.3 Å². The summed E-state index contributed by atoms with van der Waals surface area (Å²) >= 11 is 1.40. The van der Waals surface area contributed by atoms with E-state index in [9.17, 15) is 9.59 Å². The Morgan fingerprint density at radius 1 is 1.14 bits per heavy atom. The zero-order chi connectivity index (χ0) is 20.1. The molecule has 28 heavy (non-hydrogen) atoms. The van der Waals surface area contributed by atoms with Crippen molar-refractivity contribution in [2.75, 3.05) is 12.4 Å². The number of esters is 1. The highest BCUT2D eigenvalue weighted by Crippen LogP contribution is 2.31. The van der Waals surface area contributed by atoms with Crippen molar-refractivity contribution in [3.05, 3.63) is 64.8 Å². The number of ether oxygens (including phenoxy) is 2. The predicted molar refractivity (Wildman–Crippen MR) is 109 cm³/mol. The second-order valence-electron chi connectivity index (χ2n) is 6.09. The van der Waals surface area contributed by atoms with Crippen LogP contribution in [-0.2, 0) is 16.1 Å². The Kier molecular flexibility index (Phi) is 6.06. The van der Waals surface area contributed by atoms with Gasteiger partial charge in [-0.1, -0.05) is 30.3 Å². The number of anilines is 1. The van der Waals surface area contributed by atoms with E-state index in [1.54, 1.807) is 12.1 Å². The number of hydrogen-bond donors (Lipinski definition) is 1. The maximum Gasteiger partial charge on any atom is 0.358 e. The number of carbonyl (C=O) groups excluding carboxylic acids is 2. The molecular weight excluding hydrogens is 376 g/mol. The molecule has 0 aliphatic carbocycles. The maximum atomic E-state index is 12.1. The van der Waals surface area contributed by atoms with Crippen LogP contribution in [0.2, 0.25) is 0 Å². The third kappa shape index (κ3) is 4.55. The molecule has 1 aromatic heterocycles. The van der Waals surface area contributed by atoms with Gasteiger partial charge < -0.3 is 14.8 Å². The molecule has 6 nitrogen and oxygen atoms in total. The van der Waals surface area contributed by atoms with Crippen molar-refractivity contribution in [1.82, 2.24) is 4.98 Å². The molecule has 1 heterocycles. The maximum absolute atomic E-state index is 12.1. The van der Waals surface area contributed by atoms with Crippen molar-refractivity contribution in [3.8, 4) is 16.2 Å². The highest BCUT2D eigenvalue weighted by atomic mass is 32.1. The van der Waals surface area contributed by atoms with Crippen LogP contribution in [0.25, 0.3) is 10.4 Å². The van der Waals surface area contributed by atoms with Crippen LogP contribution in [0.15, 0.2) is 48.5 Å². The Morgan fingerprint density at radius 3 is 2.54 bits per heavy atom. The number of hydrogen-bond acceptors (Lipinski definition) is 6. The molecule has 1 amide bonds. The quantitative estimate of drug-likeness (QED) is 0.623. The molecule has 3 rings (SSSR count). The van der Waals surface area contributed by atoms with Crippen LogP contribution in [0.3, 0.4) is 0 Å². The average molecular weight is 396 g/mol. The topological polar surface area (TPSA) is 77.5 Å². The Morgan fingerprint density at radius 2 is 1.89 bits per heavy atom. The van der Waals surface area contributed by atoms with E-state index >= 15 is 0 Å². The van der Waals surface area contributed by atoms with Gasteiger partial charge in [-0.3, -0.25) is 4.79 Å². The summed E-state index contributed by atoms with van der Waals surface area (Å²) < 4.78 is 10.7. The zero-order valence-corrected chi connectivity index (χ0v) is 16.6. The third-order valence-electron chi connectivity index (χ3n) is 3.96. The Bertz CT molecular complexity index is 999. The highest BCUT2D eigenvalue weighted by Gasteiger charge is 2.20. The van der Waals surface area contributed by atoms with Crippen molar-refractivity contribution in [3.63, 3.8) is 0 Å². The second kappa shape index (κ2) is 8.67. The van der Waals surface area contributed by atoms with Crippen LogP contribution in [0.5, 0.6) is 5.75 Å². The Labute approximate surface area is 167 Å². The summed E-state index contributed by atoms with van der Waals surface area (Å²) in [7, 11) is 1.34. The van der Waals surface area contributed by atoms with Crippen LogP contribution in [0.4, 0.5) is 5.69 Å². The van der Waals surface area contributed by atoms with Crippen LogP contribution in [-0.4, -0.2) is 24.0 Å². The fourth-order valence-electron chi connectivity index (χ4n) is 2.65. The smallest absolute Gasteiger partial charge is 0.358 e. The first-order valence-electron chi connectivity index (χ1n) is 8.62. The monoisotopic (exact) mass is 396 g/mol. The number of aromatic nitrogens is 1. The van der Waals surface area contributed by atoms with E-state index in [2.05, 4.69) is 10.3 Å². The summed E-state index contributed by atoms with van der Waals surface area (Å²) in [5, 5.41) is 3.44. The van der Waals surface area contributed by atoms with Gasteiger partial charge in [-0.2, -0.15) is 0 Å². The van der Waals surface area contributed by atoms with Crippen molar-refractivity contribution >= 4 is 28.9 Å². The molecule has 0 spiro atoms. The minimum atomic E-state index is -0.475. The molecule has 2 aromatic carbocycles. The average Bonchev–Trinajstić information content (AvgIpc) is 3.12. The molecule has 144 valence electrons. The summed E-state index contributed by atoms with van der Waals surface area (Å²) in [6.07, 6.45) is 0. The van der Waals surface area contributed by atoms with Gasteiger partial charge in [0.05, 0.1) is 12.0 Å². The number of carbonyl (C=O) groups is 2. The number of rotatable bonds is 6. The van der Waals surface area contributed by atoms with Crippen LogP contribution in [0, 0.1) is 6.92 Å². The van der Waals surface area contributed by atoms with E-state index in [0.29, 0.717) is 10.8 Å². The number of methoxy groups -OCH3 is 1. The summed E-state index contributed by atoms with van der Waals surface area (Å²) in [5.41, 5.74) is 2.83. The van der Waals surface area contributed by atoms with Gasteiger partial charge in [0.25, 0.3) is 0 Å². The van der Waals surface area contributed by atoms with E-state index in [0.717, 1.165) is 21.7 Å². The van der Waals surface area contributed by atoms with Crippen LogP contribution in [0.1, 0.15) is 28.0 Å². The minimum absolute atomic E-state index is 0.122. The van der Waals surface area contributed by atoms with E-state index in [1.807, 2.05) is 43.3 Å². The van der Waals surface area contributed by atoms with Crippen molar-refractivity contribution < 1.29 is 19.1 Å². The molecule has 1 N–H and O–H groups in total. The fraction of sp³-hybridized carbons (Fsp3) is 0.190. The predicted octanol–water partition coefficient (Wildman–Crippen LogP) is 4.44. The van der Waals surface area contributed by atoms with E-state index in [-0.39, 0.29) is 18.2 Å². The number of thiazole rings is 1.